The molecule has 0 aliphatic rings. The van der Waals surface area contributed by atoms with Gasteiger partial charge in [-0.15, -0.1) is 0 Å². The van der Waals surface area contributed by atoms with Crippen molar-refractivity contribution in [1.29, 1.82) is 0 Å². The highest BCUT2D eigenvalue weighted by atomic mass is 32.2. The van der Waals surface area contributed by atoms with Crippen LogP contribution in [-0.4, -0.2) is 16.6 Å². The Morgan fingerprint density at radius 2 is 1.83 bits per heavy atom. The third-order valence-electron chi connectivity index (χ3n) is 2.76. The van der Waals surface area contributed by atoms with Gasteiger partial charge in [-0.1, -0.05) is 24.3 Å². The molecule has 0 atom stereocenters. The van der Waals surface area contributed by atoms with Crippen LogP contribution in [0.4, 0.5) is 29.3 Å². The van der Waals surface area contributed by atoms with Gasteiger partial charge in [0.2, 0.25) is 0 Å². The molecule has 8 heteroatoms. The van der Waals surface area contributed by atoms with E-state index in [1.165, 1.54) is 24.3 Å². The van der Waals surface area contributed by atoms with Gasteiger partial charge in [0.25, 0.3) is 0 Å². The van der Waals surface area contributed by atoms with E-state index in [-0.39, 0.29) is 29.0 Å². The second-order valence-electron chi connectivity index (χ2n) is 4.47. The van der Waals surface area contributed by atoms with Crippen molar-refractivity contribution in [2.45, 2.75) is 17.0 Å². The Bertz CT molecular complexity index is 692. The van der Waals surface area contributed by atoms with Crippen LogP contribution in [0.3, 0.4) is 0 Å². The predicted molar refractivity (Wildman–Crippen MR) is 83.4 cm³/mol. The summed E-state index contributed by atoms with van der Waals surface area (Å²) >= 11 is -0.253. The van der Waals surface area contributed by atoms with Crippen molar-refractivity contribution >= 4 is 29.2 Å². The molecule has 0 saturated heterocycles. The van der Waals surface area contributed by atoms with Gasteiger partial charge >= 0.3 is 11.5 Å². The topological polar surface area (TPSA) is 61.4 Å². The fourth-order valence-corrected chi connectivity index (χ4v) is 2.44. The zero-order chi connectivity index (χ0) is 16.9. The van der Waals surface area contributed by atoms with Crippen LogP contribution in [-0.2, 0) is 6.61 Å². The number of anilines is 2. The lowest BCUT2D eigenvalue weighted by Gasteiger charge is -2.11. The molecule has 0 radical (unpaired) electrons. The largest absolute Gasteiger partial charge is 0.446 e. The summed E-state index contributed by atoms with van der Waals surface area (Å²) in [6.45, 7) is -0.242. The molecule has 3 N–H and O–H groups in total. The summed E-state index contributed by atoms with van der Waals surface area (Å²) in [5.41, 5.74) is -3.20. The van der Waals surface area contributed by atoms with Crippen molar-refractivity contribution in [2.24, 2.45) is 0 Å². The van der Waals surface area contributed by atoms with Gasteiger partial charge in [0.15, 0.2) is 0 Å². The van der Waals surface area contributed by atoms with Crippen LogP contribution in [0.1, 0.15) is 5.56 Å². The Kier molecular flexibility index (Phi) is 5.51. The molecule has 2 amide bonds. The zero-order valence-electron chi connectivity index (χ0n) is 11.7. The van der Waals surface area contributed by atoms with Crippen molar-refractivity contribution in [1.82, 2.24) is 0 Å². The molecule has 23 heavy (non-hydrogen) atoms. The second-order valence-corrected chi connectivity index (χ2v) is 5.61. The van der Waals surface area contributed by atoms with E-state index in [1.54, 1.807) is 24.3 Å². The number of hydrogen-bond donors (Lipinski definition) is 3. The number of alkyl halides is 3. The molecular formula is C15H13F3N2O2S. The molecule has 0 aromatic heterocycles. The lowest BCUT2D eigenvalue weighted by Crippen LogP contribution is -2.20. The zero-order valence-corrected chi connectivity index (χ0v) is 12.5. The van der Waals surface area contributed by atoms with E-state index >= 15 is 0 Å². The molecule has 0 heterocycles. The van der Waals surface area contributed by atoms with Crippen LogP contribution >= 0.6 is 11.8 Å². The number of carbonyl (C=O) groups is 1. The van der Waals surface area contributed by atoms with Gasteiger partial charge in [-0.2, -0.15) is 13.2 Å². The number of benzene rings is 2. The van der Waals surface area contributed by atoms with Gasteiger partial charge in [-0.05, 0) is 36.0 Å². The fraction of sp³-hybridized carbons (Fsp3) is 0.133. The summed E-state index contributed by atoms with van der Waals surface area (Å²) in [6, 6.07) is 11.5. The first kappa shape index (κ1) is 17.2. The average molecular weight is 342 g/mol. The van der Waals surface area contributed by atoms with Gasteiger partial charge in [-0.3, -0.25) is 0 Å². The Morgan fingerprint density at radius 1 is 1.09 bits per heavy atom. The highest BCUT2D eigenvalue weighted by molar-refractivity contribution is 8.00. The third-order valence-corrected chi connectivity index (χ3v) is 3.48. The fourth-order valence-electron chi connectivity index (χ4n) is 1.84. The number of halogens is 3. The minimum Gasteiger partial charge on any atom is -0.392 e. The number of aliphatic hydroxyl groups excluding tert-OH is 1. The lowest BCUT2D eigenvalue weighted by atomic mass is 10.2. The average Bonchev–Trinajstić information content (AvgIpc) is 2.46. The van der Waals surface area contributed by atoms with Gasteiger partial charge in [0, 0.05) is 21.8 Å². The van der Waals surface area contributed by atoms with Crippen LogP contribution in [0.25, 0.3) is 0 Å². The molecule has 0 unspecified atom stereocenters. The molecule has 0 aliphatic carbocycles. The number of thioether (sulfide) groups is 1. The number of carbonyl (C=O) groups excluding carboxylic acids is 1. The first-order valence-electron chi connectivity index (χ1n) is 6.50. The van der Waals surface area contributed by atoms with Gasteiger partial charge < -0.3 is 15.7 Å². The molecule has 4 nitrogen and oxygen atoms in total. The van der Waals surface area contributed by atoms with Gasteiger partial charge in [0.1, 0.15) is 0 Å². The molecule has 0 fully saturated rings. The second kappa shape index (κ2) is 7.38. The third kappa shape index (κ3) is 5.50. The maximum absolute atomic E-state index is 12.3. The van der Waals surface area contributed by atoms with Crippen molar-refractivity contribution in [3.05, 3.63) is 54.1 Å². The summed E-state index contributed by atoms with van der Waals surface area (Å²) in [4.78, 5) is 11.9. The van der Waals surface area contributed by atoms with E-state index in [1.807, 2.05) is 0 Å². The monoisotopic (exact) mass is 342 g/mol. The van der Waals surface area contributed by atoms with Crippen LogP contribution in [0.15, 0.2) is 53.4 Å². The normalized spacial score (nSPS) is 11.1. The lowest BCUT2D eigenvalue weighted by molar-refractivity contribution is -0.0328. The van der Waals surface area contributed by atoms with E-state index in [2.05, 4.69) is 10.6 Å². The Labute approximate surface area is 134 Å². The maximum atomic E-state index is 12.3. The smallest absolute Gasteiger partial charge is 0.392 e. The van der Waals surface area contributed by atoms with Crippen LogP contribution in [0.2, 0.25) is 0 Å². The Morgan fingerprint density at radius 3 is 2.52 bits per heavy atom. The van der Waals surface area contributed by atoms with E-state index in [9.17, 15) is 23.1 Å². The quantitative estimate of drug-likeness (QED) is 0.720. The molecule has 0 bridgehead atoms. The van der Waals surface area contributed by atoms with Crippen LogP contribution in [0, 0.1) is 0 Å². The maximum Gasteiger partial charge on any atom is 0.446 e. The molecule has 2 rings (SSSR count). The van der Waals surface area contributed by atoms with Crippen molar-refractivity contribution in [3.8, 4) is 0 Å². The standard InChI is InChI=1S/C15H13F3N2O2S/c16-15(17,18)23-12-6-3-5-11(8-12)19-14(22)20-13-7-2-1-4-10(13)9-21/h1-8,21H,9H2,(H2,19,20,22). The first-order valence-corrected chi connectivity index (χ1v) is 7.31. The molecule has 2 aromatic carbocycles. The highest BCUT2D eigenvalue weighted by Gasteiger charge is 2.29. The number of hydrogen-bond acceptors (Lipinski definition) is 3. The summed E-state index contributed by atoms with van der Waals surface area (Å²) in [5, 5.41) is 14.2. The van der Waals surface area contributed by atoms with Gasteiger partial charge in [0.05, 0.1) is 6.61 Å². The molecule has 0 spiro atoms. The molecule has 122 valence electrons. The summed E-state index contributed by atoms with van der Waals surface area (Å²) in [5.74, 6) is 0. The SMILES string of the molecule is O=C(Nc1cccc(SC(F)(F)F)c1)Nc1ccccc1CO. The van der Waals surface area contributed by atoms with Crippen molar-refractivity contribution < 1.29 is 23.1 Å². The molecule has 2 aromatic rings. The molecule has 0 aliphatic heterocycles. The van der Waals surface area contributed by atoms with Crippen molar-refractivity contribution in [3.63, 3.8) is 0 Å². The predicted octanol–water partition coefficient (Wildman–Crippen LogP) is 4.43. The number of urea groups is 1. The van der Waals surface area contributed by atoms with Crippen molar-refractivity contribution in [2.75, 3.05) is 10.6 Å². The van der Waals surface area contributed by atoms with E-state index in [4.69, 9.17) is 0 Å². The number of nitrogens with one attached hydrogen (secondary N) is 2. The Hall–Kier alpha value is -2.19. The Balaban J connectivity index is 2.04. The minimum atomic E-state index is -4.39. The first-order chi connectivity index (χ1) is 10.9. The van der Waals surface area contributed by atoms with Gasteiger partial charge in [-0.25, -0.2) is 4.79 Å². The minimum absolute atomic E-state index is 0.0222. The highest BCUT2D eigenvalue weighted by Crippen LogP contribution is 2.37. The summed E-state index contributed by atoms with van der Waals surface area (Å²) < 4.78 is 37.0. The van der Waals surface area contributed by atoms with Crippen LogP contribution in [0.5, 0.6) is 0 Å². The van der Waals surface area contributed by atoms with E-state index in [0.29, 0.717) is 11.3 Å². The summed E-state index contributed by atoms with van der Waals surface area (Å²) in [7, 11) is 0. The van der Waals surface area contributed by atoms with Crippen LogP contribution < -0.4 is 10.6 Å². The number of rotatable bonds is 4. The summed E-state index contributed by atoms with van der Waals surface area (Å²) in [6.07, 6.45) is 0. The van der Waals surface area contributed by atoms with E-state index < -0.39 is 11.5 Å². The molecular weight excluding hydrogens is 329 g/mol. The number of para-hydroxylation sites is 1. The molecule has 0 saturated carbocycles. The van der Waals surface area contributed by atoms with E-state index in [0.717, 1.165) is 0 Å². The number of aliphatic hydroxyl groups is 1. The number of amides is 2.